The van der Waals surface area contributed by atoms with Crippen molar-refractivity contribution in [1.29, 1.82) is 0 Å². The molecule has 0 heterocycles. The number of rotatable bonds is 6. The van der Waals surface area contributed by atoms with E-state index in [9.17, 15) is 0 Å². The molecule has 112 valence electrons. The van der Waals surface area contributed by atoms with Crippen molar-refractivity contribution in [3.8, 4) is 11.5 Å². The summed E-state index contributed by atoms with van der Waals surface area (Å²) < 4.78 is 11.8. The van der Waals surface area contributed by atoms with E-state index in [1.807, 2.05) is 36.4 Å². The van der Waals surface area contributed by atoms with Crippen LogP contribution in [0.4, 0.5) is 0 Å². The van der Waals surface area contributed by atoms with Crippen molar-refractivity contribution in [3.63, 3.8) is 0 Å². The predicted octanol–water partition coefficient (Wildman–Crippen LogP) is 4.06. The van der Waals surface area contributed by atoms with E-state index in [0.717, 1.165) is 28.0 Å². The molecule has 0 saturated heterocycles. The smallest absolute Gasteiger partial charge is 0.133 e. The number of halogens is 2. The molecule has 0 aliphatic rings. The number of nitrogens with two attached hydrogens (primary N) is 1. The highest BCUT2D eigenvalue weighted by Crippen LogP contribution is 2.26. The van der Waals surface area contributed by atoms with Crippen LogP contribution in [0.25, 0.3) is 0 Å². The molecule has 3 nitrogen and oxygen atoms in total. The molecular weight excluding hydrogens is 354 g/mol. The van der Waals surface area contributed by atoms with Crippen LogP contribution in [-0.4, -0.2) is 19.8 Å². The number of benzene rings is 2. The highest BCUT2D eigenvalue weighted by Gasteiger charge is 2.08. The van der Waals surface area contributed by atoms with Crippen molar-refractivity contribution in [2.24, 2.45) is 5.73 Å². The Labute approximate surface area is 138 Å². The summed E-state index contributed by atoms with van der Waals surface area (Å²) in [5.41, 5.74) is 7.24. The summed E-state index contributed by atoms with van der Waals surface area (Å²) in [6.45, 7) is 0.435. The fourth-order valence-corrected chi connectivity index (χ4v) is 2.73. The Kier molecular flexibility index (Phi) is 5.91. The van der Waals surface area contributed by atoms with Crippen LogP contribution in [0.1, 0.15) is 5.56 Å². The number of ether oxygens (including phenoxy) is 2. The molecule has 5 heteroatoms. The lowest BCUT2D eigenvalue weighted by atomic mass is 10.1. The summed E-state index contributed by atoms with van der Waals surface area (Å²) in [6.07, 6.45) is 0.725. The molecule has 0 bridgehead atoms. The largest absolute Gasteiger partial charge is 0.496 e. The van der Waals surface area contributed by atoms with Crippen molar-refractivity contribution in [3.05, 3.63) is 57.5 Å². The Morgan fingerprint density at radius 1 is 1.24 bits per heavy atom. The Bertz CT molecular complexity index is 607. The number of methoxy groups -OCH3 is 1. The first-order chi connectivity index (χ1) is 10.1. The topological polar surface area (TPSA) is 44.5 Å². The molecule has 21 heavy (non-hydrogen) atoms. The average molecular weight is 371 g/mol. The maximum Gasteiger partial charge on any atom is 0.133 e. The molecule has 1 unspecified atom stereocenters. The molecule has 0 saturated carbocycles. The van der Waals surface area contributed by atoms with Crippen molar-refractivity contribution in [1.82, 2.24) is 0 Å². The molecule has 2 aromatic carbocycles. The van der Waals surface area contributed by atoms with E-state index in [-0.39, 0.29) is 6.04 Å². The van der Waals surface area contributed by atoms with Gasteiger partial charge < -0.3 is 15.2 Å². The monoisotopic (exact) mass is 369 g/mol. The van der Waals surface area contributed by atoms with Gasteiger partial charge in [-0.15, -0.1) is 0 Å². The molecule has 2 N–H and O–H groups in total. The second-order valence-corrected chi connectivity index (χ2v) is 5.99. The molecule has 0 fully saturated rings. The Hall–Kier alpha value is -1.23. The van der Waals surface area contributed by atoms with Crippen molar-refractivity contribution in [2.45, 2.75) is 12.5 Å². The molecule has 0 aliphatic heterocycles. The summed E-state index contributed by atoms with van der Waals surface area (Å²) in [5, 5.41) is 0.653. The number of hydrogen-bond donors (Lipinski definition) is 1. The Balaban J connectivity index is 1.89. The zero-order valence-electron chi connectivity index (χ0n) is 11.7. The van der Waals surface area contributed by atoms with Gasteiger partial charge in [-0.05, 0) is 58.2 Å². The Morgan fingerprint density at radius 3 is 2.71 bits per heavy atom. The van der Waals surface area contributed by atoms with Gasteiger partial charge in [0.2, 0.25) is 0 Å². The minimum Gasteiger partial charge on any atom is -0.496 e. The van der Waals surface area contributed by atoms with Crippen LogP contribution in [0.5, 0.6) is 11.5 Å². The van der Waals surface area contributed by atoms with E-state index in [1.165, 1.54) is 0 Å². The van der Waals surface area contributed by atoms with E-state index in [0.29, 0.717) is 11.6 Å². The fourth-order valence-electron chi connectivity index (χ4n) is 1.96. The van der Waals surface area contributed by atoms with Crippen LogP contribution in [-0.2, 0) is 6.42 Å². The lowest BCUT2D eigenvalue weighted by molar-refractivity contribution is 0.287. The zero-order valence-corrected chi connectivity index (χ0v) is 14.0. The van der Waals surface area contributed by atoms with Crippen LogP contribution >= 0.6 is 27.5 Å². The third-order valence-electron chi connectivity index (χ3n) is 2.97. The lowest BCUT2D eigenvalue weighted by Gasteiger charge is -2.14. The van der Waals surface area contributed by atoms with E-state index in [1.54, 1.807) is 13.2 Å². The summed E-state index contributed by atoms with van der Waals surface area (Å²) in [7, 11) is 1.64. The summed E-state index contributed by atoms with van der Waals surface area (Å²) >= 11 is 9.38. The van der Waals surface area contributed by atoms with Gasteiger partial charge in [0.25, 0.3) is 0 Å². The van der Waals surface area contributed by atoms with Gasteiger partial charge in [0, 0.05) is 11.1 Å². The molecular formula is C16H17BrClNO2. The van der Waals surface area contributed by atoms with Gasteiger partial charge in [-0.3, -0.25) is 0 Å². The summed E-state index contributed by atoms with van der Waals surface area (Å²) in [4.78, 5) is 0. The van der Waals surface area contributed by atoms with Gasteiger partial charge >= 0.3 is 0 Å². The van der Waals surface area contributed by atoms with Crippen molar-refractivity contribution in [2.75, 3.05) is 13.7 Å². The summed E-state index contributed by atoms with van der Waals surface area (Å²) in [6, 6.07) is 13.1. The highest BCUT2D eigenvalue weighted by molar-refractivity contribution is 9.10. The van der Waals surface area contributed by atoms with Gasteiger partial charge in [-0.1, -0.05) is 23.7 Å². The summed E-state index contributed by atoms with van der Waals surface area (Å²) in [5.74, 6) is 1.54. The molecule has 0 aromatic heterocycles. The van der Waals surface area contributed by atoms with Gasteiger partial charge in [0.15, 0.2) is 0 Å². The molecule has 1 atom stereocenters. The second-order valence-electron chi connectivity index (χ2n) is 4.70. The van der Waals surface area contributed by atoms with E-state index in [4.69, 9.17) is 26.8 Å². The van der Waals surface area contributed by atoms with Crippen LogP contribution in [0.15, 0.2) is 46.9 Å². The molecule has 2 rings (SSSR count). The van der Waals surface area contributed by atoms with E-state index < -0.39 is 0 Å². The van der Waals surface area contributed by atoms with Gasteiger partial charge in [0.1, 0.15) is 18.1 Å². The van der Waals surface area contributed by atoms with Crippen LogP contribution in [0.3, 0.4) is 0 Å². The predicted molar refractivity (Wildman–Crippen MR) is 89.3 cm³/mol. The molecule has 0 amide bonds. The quantitative estimate of drug-likeness (QED) is 0.834. The van der Waals surface area contributed by atoms with Crippen LogP contribution < -0.4 is 15.2 Å². The maximum atomic E-state index is 6.11. The maximum absolute atomic E-state index is 6.11. The molecule has 0 radical (unpaired) electrons. The molecule has 0 spiro atoms. The SMILES string of the molecule is COc1ccc(CC(N)COc2cccc(Cl)c2)cc1Br. The zero-order chi connectivity index (χ0) is 15.2. The second kappa shape index (κ2) is 7.69. The minimum absolute atomic E-state index is 0.0933. The van der Waals surface area contributed by atoms with Gasteiger partial charge in [-0.2, -0.15) is 0 Å². The minimum atomic E-state index is -0.0933. The van der Waals surface area contributed by atoms with Crippen LogP contribution in [0, 0.1) is 0 Å². The fraction of sp³-hybridized carbons (Fsp3) is 0.250. The van der Waals surface area contributed by atoms with E-state index >= 15 is 0 Å². The first-order valence-corrected chi connectivity index (χ1v) is 7.72. The normalized spacial score (nSPS) is 12.0. The van der Waals surface area contributed by atoms with Gasteiger partial charge in [0.05, 0.1) is 11.6 Å². The number of hydrogen-bond acceptors (Lipinski definition) is 3. The Morgan fingerprint density at radius 2 is 2.05 bits per heavy atom. The lowest BCUT2D eigenvalue weighted by Crippen LogP contribution is -2.30. The van der Waals surface area contributed by atoms with Gasteiger partial charge in [-0.25, -0.2) is 0 Å². The van der Waals surface area contributed by atoms with Crippen molar-refractivity contribution >= 4 is 27.5 Å². The van der Waals surface area contributed by atoms with E-state index in [2.05, 4.69) is 15.9 Å². The average Bonchev–Trinajstić information content (AvgIpc) is 2.45. The standard InChI is InChI=1S/C16H17BrClNO2/c1-20-16-6-5-11(8-15(16)17)7-13(19)10-21-14-4-2-3-12(18)9-14/h2-6,8-9,13H,7,10,19H2,1H3. The third-order valence-corrected chi connectivity index (χ3v) is 3.83. The molecule has 0 aliphatic carbocycles. The first-order valence-electron chi connectivity index (χ1n) is 6.55. The van der Waals surface area contributed by atoms with Crippen molar-refractivity contribution < 1.29 is 9.47 Å². The first kappa shape index (κ1) is 16.1. The highest BCUT2D eigenvalue weighted by atomic mass is 79.9. The van der Waals surface area contributed by atoms with Crippen LogP contribution in [0.2, 0.25) is 5.02 Å². The molecule has 2 aromatic rings. The third kappa shape index (κ3) is 4.92.